The average Bonchev–Trinajstić information content (AvgIpc) is 3.09. The third kappa shape index (κ3) is 5.39. The van der Waals surface area contributed by atoms with Gasteiger partial charge in [-0.3, -0.25) is 0 Å². The van der Waals surface area contributed by atoms with Crippen LogP contribution in [0.4, 0.5) is 0 Å². The zero-order chi connectivity index (χ0) is 31.0. The molecule has 2 unspecified atom stereocenters. The molecule has 8 aromatic carbocycles. The molecule has 0 aromatic heterocycles. The molecule has 0 amide bonds. The normalized spacial score (nSPS) is 12.0. The van der Waals surface area contributed by atoms with Crippen LogP contribution in [-0.2, 0) is 0 Å². The lowest BCUT2D eigenvalue weighted by atomic mass is 9.91. The molecule has 8 aromatic rings. The minimum Gasteiger partial charge on any atom is -0.472 e. The number of hydrogen-bond donors (Lipinski definition) is 0. The Morgan fingerprint density at radius 1 is 0.370 bits per heavy atom. The first kappa shape index (κ1) is 28.7. The fourth-order valence-electron chi connectivity index (χ4n) is 6.44. The van der Waals surface area contributed by atoms with Crippen molar-refractivity contribution in [2.24, 2.45) is 0 Å². The van der Waals surface area contributed by atoms with Crippen LogP contribution < -0.4 is 19.7 Å². The van der Waals surface area contributed by atoms with E-state index in [1.807, 2.05) is 0 Å². The second kappa shape index (κ2) is 12.2. The van der Waals surface area contributed by atoms with Gasteiger partial charge in [0.15, 0.2) is 0 Å². The zero-order valence-electron chi connectivity index (χ0n) is 25.7. The molecule has 0 saturated heterocycles. The molecule has 0 N–H and O–H groups in total. The molecule has 0 aliphatic heterocycles. The Labute approximate surface area is 272 Å². The number of rotatable bonds is 7. The Morgan fingerprint density at radius 2 is 0.739 bits per heavy atom. The minimum atomic E-state index is 0.130. The Kier molecular flexibility index (Phi) is 7.63. The second-order valence-corrected chi connectivity index (χ2v) is 13.6. The van der Waals surface area contributed by atoms with E-state index in [1.54, 1.807) is 0 Å². The number of benzene rings is 8. The van der Waals surface area contributed by atoms with Gasteiger partial charge in [0.1, 0.15) is 29.1 Å². The lowest BCUT2D eigenvalue weighted by molar-refractivity contribution is 0.639. The first-order chi connectivity index (χ1) is 22.6. The monoisotopic (exact) mass is 630 g/mol. The van der Waals surface area contributed by atoms with Crippen LogP contribution in [0.1, 0.15) is 11.1 Å². The molecule has 0 fully saturated rings. The highest BCUT2D eigenvalue weighted by Gasteiger charge is 2.22. The second-order valence-electron chi connectivity index (χ2n) is 11.8. The van der Waals surface area contributed by atoms with Gasteiger partial charge < -0.3 is 9.05 Å². The van der Waals surface area contributed by atoms with Gasteiger partial charge >= 0.3 is 0 Å². The lowest BCUT2D eigenvalue weighted by Crippen LogP contribution is -2.15. The van der Waals surface area contributed by atoms with E-state index in [0.29, 0.717) is 0 Å². The summed E-state index contributed by atoms with van der Waals surface area (Å²) < 4.78 is 13.3. The Bertz CT molecular complexity index is 2240. The molecule has 0 aliphatic carbocycles. The van der Waals surface area contributed by atoms with Crippen molar-refractivity contribution in [2.75, 3.05) is 0 Å². The summed E-state index contributed by atoms with van der Waals surface area (Å²) in [7, 11) is 0.260. The number of aryl methyl sites for hydroxylation is 2. The fraction of sp³-hybridized carbons (Fsp3) is 0.0476. The predicted molar refractivity (Wildman–Crippen MR) is 201 cm³/mol. The molecule has 0 bridgehead atoms. The predicted octanol–water partition coefficient (Wildman–Crippen LogP) is 11.2. The summed E-state index contributed by atoms with van der Waals surface area (Å²) >= 11 is 0. The van der Waals surface area contributed by atoms with Crippen LogP contribution in [0.2, 0.25) is 0 Å². The van der Waals surface area contributed by atoms with Crippen molar-refractivity contribution in [3.05, 3.63) is 157 Å². The standard InChI is InChI=1S/C42H32O2P2/c1-27-23-33-15-7-9-17-37(33)39(41(27)45-43-35-21-19-29-11-3-5-13-31(29)25-35)40-38-18-10-8-16-34(38)24-28(2)42(40)46-44-36-22-20-30-12-4-6-14-32(30)26-36/h3-26,45-46H,1-2H3. The first-order valence-electron chi connectivity index (χ1n) is 15.5. The molecule has 0 aliphatic rings. The van der Waals surface area contributed by atoms with Gasteiger partial charge in [-0.15, -0.1) is 0 Å². The highest BCUT2D eigenvalue weighted by molar-refractivity contribution is 7.44. The number of fused-ring (bicyclic) bond motifs is 4. The van der Waals surface area contributed by atoms with E-state index in [9.17, 15) is 0 Å². The van der Waals surface area contributed by atoms with Crippen LogP contribution in [0.3, 0.4) is 0 Å². The summed E-state index contributed by atoms with van der Waals surface area (Å²) in [5, 5.41) is 12.1. The molecule has 0 heterocycles. The van der Waals surface area contributed by atoms with Crippen molar-refractivity contribution in [3.63, 3.8) is 0 Å². The Hall–Kier alpha value is -4.74. The molecule has 8 rings (SSSR count). The van der Waals surface area contributed by atoms with Gasteiger partial charge in [-0.1, -0.05) is 121 Å². The molecule has 0 radical (unpaired) electrons. The third-order valence-electron chi connectivity index (χ3n) is 8.73. The summed E-state index contributed by atoms with van der Waals surface area (Å²) in [6.07, 6.45) is 0. The van der Waals surface area contributed by atoms with Crippen molar-refractivity contribution < 1.29 is 9.05 Å². The van der Waals surface area contributed by atoms with Gasteiger partial charge in [0.05, 0.1) is 0 Å². The summed E-state index contributed by atoms with van der Waals surface area (Å²) in [6, 6.07) is 51.6. The topological polar surface area (TPSA) is 18.5 Å². The summed E-state index contributed by atoms with van der Waals surface area (Å²) in [5.74, 6) is 1.76. The van der Waals surface area contributed by atoms with Crippen molar-refractivity contribution in [1.82, 2.24) is 0 Å². The maximum Gasteiger partial charge on any atom is 0.124 e. The minimum absolute atomic E-state index is 0.130. The average molecular weight is 631 g/mol. The first-order valence-corrected chi connectivity index (χ1v) is 17.3. The van der Waals surface area contributed by atoms with Gasteiger partial charge in [0.2, 0.25) is 0 Å². The quantitative estimate of drug-likeness (QED) is 0.163. The third-order valence-corrected chi connectivity index (χ3v) is 11.1. The van der Waals surface area contributed by atoms with E-state index >= 15 is 0 Å². The van der Waals surface area contributed by atoms with Gasteiger partial charge in [-0.05, 0) is 92.3 Å². The van der Waals surface area contributed by atoms with Crippen LogP contribution >= 0.6 is 17.6 Å². The summed E-state index contributed by atoms with van der Waals surface area (Å²) in [5.41, 5.74) is 4.92. The highest BCUT2D eigenvalue weighted by atomic mass is 31.1. The Morgan fingerprint density at radius 3 is 1.17 bits per heavy atom. The van der Waals surface area contributed by atoms with E-state index in [4.69, 9.17) is 9.05 Å². The van der Waals surface area contributed by atoms with Gasteiger partial charge in [-0.2, -0.15) is 0 Å². The fourth-order valence-corrected chi connectivity index (χ4v) is 8.32. The maximum absolute atomic E-state index is 6.64. The van der Waals surface area contributed by atoms with Gasteiger partial charge in [0, 0.05) is 21.7 Å². The van der Waals surface area contributed by atoms with E-state index in [0.717, 1.165) is 11.5 Å². The van der Waals surface area contributed by atoms with Crippen LogP contribution in [0.5, 0.6) is 11.5 Å². The van der Waals surface area contributed by atoms with Crippen LogP contribution in [0, 0.1) is 13.8 Å². The van der Waals surface area contributed by atoms with Gasteiger partial charge in [-0.25, -0.2) is 0 Å². The largest absolute Gasteiger partial charge is 0.472 e. The zero-order valence-corrected chi connectivity index (χ0v) is 27.7. The van der Waals surface area contributed by atoms with Crippen molar-refractivity contribution in [1.29, 1.82) is 0 Å². The number of hydrogen-bond acceptors (Lipinski definition) is 2. The van der Waals surface area contributed by atoms with Crippen molar-refractivity contribution in [3.8, 4) is 22.6 Å². The van der Waals surface area contributed by atoms with E-state index in [1.165, 1.54) is 76.0 Å². The highest BCUT2D eigenvalue weighted by Crippen LogP contribution is 2.40. The van der Waals surface area contributed by atoms with Crippen LogP contribution in [0.25, 0.3) is 54.2 Å². The molecule has 4 heteroatoms. The van der Waals surface area contributed by atoms with E-state index < -0.39 is 0 Å². The van der Waals surface area contributed by atoms with Crippen molar-refractivity contribution >= 4 is 71.3 Å². The molecule has 2 atom stereocenters. The SMILES string of the molecule is Cc1cc2ccccc2c(-c2c(POc3ccc4ccccc4c3)c(C)cc3ccccc23)c1POc1ccc2ccccc2c1. The Balaban J connectivity index is 1.29. The van der Waals surface area contributed by atoms with Gasteiger partial charge in [0.25, 0.3) is 0 Å². The summed E-state index contributed by atoms with van der Waals surface area (Å²) in [6.45, 7) is 4.43. The van der Waals surface area contributed by atoms with Crippen LogP contribution in [-0.4, -0.2) is 0 Å². The summed E-state index contributed by atoms with van der Waals surface area (Å²) in [4.78, 5) is 0. The molecular weight excluding hydrogens is 598 g/mol. The van der Waals surface area contributed by atoms with Crippen LogP contribution in [0.15, 0.2) is 146 Å². The lowest BCUT2D eigenvalue weighted by Gasteiger charge is -2.22. The molecule has 0 saturated carbocycles. The van der Waals surface area contributed by atoms with Crippen molar-refractivity contribution in [2.45, 2.75) is 13.8 Å². The molecule has 2 nitrogen and oxygen atoms in total. The maximum atomic E-state index is 6.64. The molecular formula is C42H32O2P2. The molecule has 0 spiro atoms. The molecule has 46 heavy (non-hydrogen) atoms. The van der Waals surface area contributed by atoms with E-state index in [-0.39, 0.29) is 17.6 Å². The smallest absolute Gasteiger partial charge is 0.124 e. The molecule has 222 valence electrons. The van der Waals surface area contributed by atoms with E-state index in [2.05, 4.69) is 159 Å².